The molecule has 0 saturated carbocycles. The van der Waals surface area contributed by atoms with Crippen molar-refractivity contribution in [1.82, 2.24) is 0 Å². The molecule has 1 N–H and O–H groups in total. The van der Waals surface area contributed by atoms with Gasteiger partial charge in [-0.25, -0.2) is 4.79 Å². The number of fused-ring (bicyclic) bond motifs is 1. The molecule has 0 radical (unpaired) electrons. The quantitative estimate of drug-likeness (QED) is 0.692. The van der Waals surface area contributed by atoms with Gasteiger partial charge in [0.05, 0.1) is 14.2 Å². The maximum absolute atomic E-state index is 10.9. The first-order valence-electron chi connectivity index (χ1n) is 7.78. The fourth-order valence-electron chi connectivity index (χ4n) is 2.83. The van der Waals surface area contributed by atoms with Crippen LogP contribution >= 0.6 is 0 Å². The Morgan fingerprint density at radius 2 is 1.60 bits per heavy atom. The van der Waals surface area contributed by atoms with Crippen LogP contribution < -0.4 is 9.47 Å². The number of ether oxygens (including phenoxy) is 2. The second kappa shape index (κ2) is 7.09. The third-order valence-corrected chi connectivity index (χ3v) is 4.04. The van der Waals surface area contributed by atoms with E-state index in [0.29, 0.717) is 0 Å². The predicted molar refractivity (Wildman–Crippen MR) is 99.2 cm³/mol. The smallest absolute Gasteiger partial charge is 0.328 e. The molecule has 0 aliphatic carbocycles. The zero-order chi connectivity index (χ0) is 17.8. The molecule has 0 atom stereocenters. The van der Waals surface area contributed by atoms with Crippen molar-refractivity contribution in [2.45, 2.75) is 0 Å². The number of carboxylic acid groups (broad SMARTS) is 1. The van der Waals surface area contributed by atoms with Crippen LogP contribution in [0.4, 0.5) is 0 Å². The van der Waals surface area contributed by atoms with Crippen LogP contribution in [0, 0.1) is 0 Å². The molecule has 0 amide bonds. The second-order valence-corrected chi connectivity index (χ2v) is 5.52. The Kier molecular flexibility index (Phi) is 4.70. The van der Waals surface area contributed by atoms with E-state index >= 15 is 0 Å². The van der Waals surface area contributed by atoms with Gasteiger partial charge in [-0.1, -0.05) is 30.3 Å². The number of carbonyl (C=O) groups is 1. The van der Waals surface area contributed by atoms with Crippen molar-refractivity contribution in [2.24, 2.45) is 0 Å². The molecule has 25 heavy (non-hydrogen) atoms. The molecule has 0 bridgehead atoms. The van der Waals surface area contributed by atoms with E-state index in [4.69, 9.17) is 14.6 Å². The Morgan fingerprint density at radius 1 is 0.920 bits per heavy atom. The minimum atomic E-state index is -0.976. The SMILES string of the molecule is COc1ccc(-c2c(C=CC(=O)O)ccc3cc(OC)ccc23)cc1. The highest BCUT2D eigenvalue weighted by atomic mass is 16.5. The van der Waals surface area contributed by atoms with Crippen LogP contribution in [0.5, 0.6) is 11.5 Å². The van der Waals surface area contributed by atoms with Gasteiger partial charge in [0.1, 0.15) is 11.5 Å². The molecule has 0 saturated heterocycles. The maximum atomic E-state index is 10.9. The topological polar surface area (TPSA) is 55.8 Å². The number of rotatable bonds is 5. The lowest BCUT2D eigenvalue weighted by molar-refractivity contribution is -0.131. The minimum Gasteiger partial charge on any atom is -0.497 e. The summed E-state index contributed by atoms with van der Waals surface area (Å²) >= 11 is 0. The van der Waals surface area contributed by atoms with Crippen LogP contribution in [-0.4, -0.2) is 25.3 Å². The van der Waals surface area contributed by atoms with Crippen molar-refractivity contribution in [3.05, 3.63) is 66.2 Å². The summed E-state index contributed by atoms with van der Waals surface area (Å²) in [5.74, 6) is 0.575. The maximum Gasteiger partial charge on any atom is 0.328 e. The van der Waals surface area contributed by atoms with Gasteiger partial charge in [0.25, 0.3) is 0 Å². The fourth-order valence-corrected chi connectivity index (χ4v) is 2.83. The summed E-state index contributed by atoms with van der Waals surface area (Å²) in [7, 11) is 3.26. The van der Waals surface area contributed by atoms with Crippen LogP contribution in [0.1, 0.15) is 5.56 Å². The summed E-state index contributed by atoms with van der Waals surface area (Å²) in [6, 6.07) is 17.5. The average molecular weight is 334 g/mol. The summed E-state index contributed by atoms with van der Waals surface area (Å²) < 4.78 is 10.5. The Morgan fingerprint density at radius 3 is 2.24 bits per heavy atom. The summed E-state index contributed by atoms with van der Waals surface area (Å²) in [6.45, 7) is 0. The van der Waals surface area contributed by atoms with Crippen molar-refractivity contribution >= 4 is 22.8 Å². The first-order valence-corrected chi connectivity index (χ1v) is 7.78. The van der Waals surface area contributed by atoms with Crippen LogP contribution in [-0.2, 0) is 4.79 Å². The van der Waals surface area contributed by atoms with Crippen molar-refractivity contribution in [3.63, 3.8) is 0 Å². The minimum absolute atomic E-state index is 0.772. The van der Waals surface area contributed by atoms with Gasteiger partial charge < -0.3 is 14.6 Å². The van der Waals surface area contributed by atoms with Crippen molar-refractivity contribution in [3.8, 4) is 22.6 Å². The first-order chi connectivity index (χ1) is 12.1. The lowest BCUT2D eigenvalue weighted by Crippen LogP contribution is -1.91. The Labute approximate surface area is 145 Å². The summed E-state index contributed by atoms with van der Waals surface area (Å²) in [5.41, 5.74) is 2.80. The van der Waals surface area contributed by atoms with Gasteiger partial charge in [0.2, 0.25) is 0 Å². The van der Waals surface area contributed by atoms with E-state index in [2.05, 4.69) is 0 Å². The number of hydrogen-bond donors (Lipinski definition) is 1. The van der Waals surface area contributed by atoms with E-state index in [1.54, 1.807) is 20.3 Å². The molecule has 126 valence electrons. The number of hydrogen-bond acceptors (Lipinski definition) is 3. The van der Waals surface area contributed by atoms with E-state index < -0.39 is 5.97 Å². The van der Waals surface area contributed by atoms with Crippen molar-refractivity contribution in [2.75, 3.05) is 14.2 Å². The number of carboxylic acids is 1. The van der Waals surface area contributed by atoms with E-state index in [9.17, 15) is 4.79 Å². The molecule has 0 fully saturated rings. The van der Waals surface area contributed by atoms with Gasteiger partial charge in [-0.15, -0.1) is 0 Å². The number of methoxy groups -OCH3 is 2. The van der Waals surface area contributed by atoms with Gasteiger partial charge in [0, 0.05) is 6.08 Å². The lowest BCUT2D eigenvalue weighted by atomic mass is 9.93. The van der Waals surface area contributed by atoms with Crippen molar-refractivity contribution in [1.29, 1.82) is 0 Å². The molecule has 0 aliphatic heterocycles. The molecule has 0 unspecified atom stereocenters. The second-order valence-electron chi connectivity index (χ2n) is 5.52. The lowest BCUT2D eigenvalue weighted by Gasteiger charge is -2.13. The summed E-state index contributed by atoms with van der Waals surface area (Å²) in [4.78, 5) is 10.9. The van der Waals surface area contributed by atoms with E-state index in [1.807, 2.05) is 54.6 Å². The number of benzene rings is 3. The normalized spacial score (nSPS) is 11.0. The monoisotopic (exact) mass is 334 g/mol. The number of aliphatic carboxylic acids is 1. The molecule has 0 aliphatic rings. The highest BCUT2D eigenvalue weighted by Gasteiger charge is 2.10. The molecule has 3 rings (SSSR count). The van der Waals surface area contributed by atoms with Gasteiger partial charge in [-0.3, -0.25) is 0 Å². The largest absolute Gasteiger partial charge is 0.497 e. The summed E-state index contributed by atoms with van der Waals surface area (Å²) in [6.07, 6.45) is 2.77. The Balaban J connectivity index is 2.25. The zero-order valence-corrected chi connectivity index (χ0v) is 14.0. The van der Waals surface area contributed by atoms with E-state index in [-0.39, 0.29) is 0 Å². The third-order valence-electron chi connectivity index (χ3n) is 4.04. The van der Waals surface area contributed by atoms with Crippen LogP contribution in [0.3, 0.4) is 0 Å². The standard InChI is InChI=1S/C21H18O4/c1-24-17-8-5-15(6-9-17)21-14(7-12-20(22)23)3-4-16-13-18(25-2)10-11-19(16)21/h3-13H,1-2H3,(H,22,23). The molecular formula is C21H18O4. The molecule has 0 aromatic heterocycles. The fraction of sp³-hybridized carbons (Fsp3) is 0.0952. The van der Waals surface area contributed by atoms with Crippen molar-refractivity contribution < 1.29 is 19.4 Å². The van der Waals surface area contributed by atoms with E-state index in [1.165, 1.54) is 0 Å². The Hall–Kier alpha value is -3.27. The van der Waals surface area contributed by atoms with Gasteiger partial charge in [0.15, 0.2) is 0 Å². The molecule has 4 heteroatoms. The molecule has 4 nitrogen and oxygen atoms in total. The molecular weight excluding hydrogens is 316 g/mol. The predicted octanol–water partition coefficient (Wildman–Crippen LogP) is 4.62. The molecule has 3 aromatic carbocycles. The highest BCUT2D eigenvalue weighted by molar-refractivity contribution is 6.02. The third kappa shape index (κ3) is 3.48. The summed E-state index contributed by atoms with van der Waals surface area (Å²) in [5, 5.41) is 11.0. The van der Waals surface area contributed by atoms with Crippen LogP contribution in [0.15, 0.2) is 60.7 Å². The van der Waals surface area contributed by atoms with E-state index in [0.717, 1.165) is 45.0 Å². The molecule has 0 heterocycles. The average Bonchev–Trinajstić information content (AvgIpc) is 2.65. The molecule has 0 spiro atoms. The van der Waals surface area contributed by atoms with Gasteiger partial charge in [-0.05, 0) is 57.8 Å². The highest BCUT2D eigenvalue weighted by Crippen LogP contribution is 2.35. The Bertz CT molecular complexity index is 940. The van der Waals surface area contributed by atoms with Crippen LogP contribution in [0.25, 0.3) is 28.0 Å². The zero-order valence-electron chi connectivity index (χ0n) is 14.0. The first kappa shape index (κ1) is 16.6. The van der Waals surface area contributed by atoms with Gasteiger partial charge in [-0.2, -0.15) is 0 Å². The van der Waals surface area contributed by atoms with Crippen LogP contribution in [0.2, 0.25) is 0 Å². The molecule has 3 aromatic rings. The van der Waals surface area contributed by atoms with Gasteiger partial charge >= 0.3 is 5.97 Å².